The molecule has 0 spiro atoms. The van der Waals surface area contributed by atoms with Gasteiger partial charge in [0.05, 0.1) is 6.61 Å². The minimum absolute atomic E-state index is 0.0587. The van der Waals surface area contributed by atoms with E-state index in [1.807, 2.05) is 13.8 Å². The molecule has 5 heteroatoms. The van der Waals surface area contributed by atoms with Gasteiger partial charge in [-0.2, -0.15) is 0 Å². The summed E-state index contributed by atoms with van der Waals surface area (Å²) in [5.74, 6) is -0.0587. The number of piperazine rings is 1. The first kappa shape index (κ1) is 19.7. The molecular weight excluding hydrogens is 302 g/mol. The number of likely N-dealkylation sites (tertiary alicyclic amines) is 1. The summed E-state index contributed by atoms with van der Waals surface area (Å²) in [5, 5.41) is 0. The molecule has 0 N–H and O–H groups in total. The Morgan fingerprint density at radius 3 is 2.25 bits per heavy atom. The van der Waals surface area contributed by atoms with Crippen LogP contribution in [-0.2, 0) is 9.53 Å². The molecule has 140 valence electrons. The van der Waals surface area contributed by atoms with Crippen molar-refractivity contribution in [3.63, 3.8) is 0 Å². The zero-order valence-electron chi connectivity index (χ0n) is 16.2. The standard InChI is InChI=1S/C19H37N3O2/c1-5-6-7-16-24-18(23)19(2,3)22-10-8-17(9-11-22)21-14-12-20(4)13-15-21/h17H,5-16H2,1-4H3. The molecule has 2 aliphatic rings. The number of hydrogen-bond acceptors (Lipinski definition) is 5. The lowest BCUT2D eigenvalue weighted by atomic mass is 9.95. The molecule has 2 aliphatic heterocycles. The number of hydrogen-bond donors (Lipinski definition) is 0. The average Bonchev–Trinajstić information content (AvgIpc) is 2.59. The van der Waals surface area contributed by atoms with E-state index >= 15 is 0 Å². The van der Waals surface area contributed by atoms with E-state index in [0.717, 1.165) is 45.2 Å². The molecule has 2 fully saturated rings. The second kappa shape index (κ2) is 9.16. The SMILES string of the molecule is CCCCCOC(=O)C(C)(C)N1CCC(N2CCN(C)CC2)CC1. The maximum Gasteiger partial charge on any atom is 0.325 e. The highest BCUT2D eigenvalue weighted by Crippen LogP contribution is 2.25. The molecule has 0 atom stereocenters. The molecular formula is C19H37N3O2. The third kappa shape index (κ3) is 5.17. The van der Waals surface area contributed by atoms with Crippen LogP contribution >= 0.6 is 0 Å². The zero-order chi connectivity index (χ0) is 17.6. The molecule has 0 saturated carbocycles. The molecule has 5 nitrogen and oxygen atoms in total. The van der Waals surface area contributed by atoms with Crippen LogP contribution in [0, 0.1) is 0 Å². The first-order valence-electron chi connectivity index (χ1n) is 9.80. The van der Waals surface area contributed by atoms with Crippen molar-refractivity contribution in [1.29, 1.82) is 0 Å². The second-order valence-electron chi connectivity index (χ2n) is 7.96. The maximum absolute atomic E-state index is 12.5. The largest absolute Gasteiger partial charge is 0.464 e. The highest BCUT2D eigenvalue weighted by Gasteiger charge is 2.39. The van der Waals surface area contributed by atoms with Crippen LogP contribution in [-0.4, -0.2) is 85.2 Å². The van der Waals surface area contributed by atoms with Gasteiger partial charge in [0.1, 0.15) is 5.54 Å². The van der Waals surface area contributed by atoms with Crippen LogP contribution in [0.2, 0.25) is 0 Å². The van der Waals surface area contributed by atoms with Crippen LogP contribution < -0.4 is 0 Å². The number of carbonyl (C=O) groups excluding carboxylic acids is 1. The van der Waals surface area contributed by atoms with E-state index in [1.54, 1.807) is 0 Å². The number of ether oxygens (including phenoxy) is 1. The number of rotatable bonds is 7. The topological polar surface area (TPSA) is 36.0 Å². The molecule has 0 radical (unpaired) electrons. The quantitative estimate of drug-likeness (QED) is 0.525. The summed E-state index contributed by atoms with van der Waals surface area (Å²) in [5.41, 5.74) is -0.501. The van der Waals surface area contributed by atoms with E-state index in [2.05, 4.69) is 28.7 Å². The van der Waals surface area contributed by atoms with Gasteiger partial charge in [-0.05, 0) is 40.2 Å². The highest BCUT2D eigenvalue weighted by molar-refractivity contribution is 5.79. The molecule has 0 aromatic rings. The van der Waals surface area contributed by atoms with Crippen LogP contribution in [0.25, 0.3) is 0 Å². The van der Waals surface area contributed by atoms with Gasteiger partial charge in [0.2, 0.25) is 0 Å². The summed E-state index contributed by atoms with van der Waals surface area (Å²) in [6.07, 6.45) is 5.58. The Kier molecular flexibility index (Phi) is 7.51. The first-order chi connectivity index (χ1) is 11.4. The van der Waals surface area contributed by atoms with Crippen LogP contribution in [0.15, 0.2) is 0 Å². The fourth-order valence-corrected chi connectivity index (χ4v) is 3.80. The Morgan fingerprint density at radius 1 is 1.04 bits per heavy atom. The average molecular weight is 340 g/mol. The minimum Gasteiger partial charge on any atom is -0.464 e. The number of piperidine rings is 1. The molecule has 0 bridgehead atoms. The van der Waals surface area contributed by atoms with Crippen molar-refractivity contribution in [2.45, 2.75) is 64.5 Å². The summed E-state index contributed by atoms with van der Waals surface area (Å²) in [7, 11) is 2.20. The van der Waals surface area contributed by atoms with Gasteiger partial charge in [-0.3, -0.25) is 14.6 Å². The normalized spacial score (nSPS) is 22.7. The van der Waals surface area contributed by atoms with Crippen LogP contribution in [0.4, 0.5) is 0 Å². The molecule has 0 aliphatic carbocycles. The number of nitrogens with zero attached hydrogens (tertiary/aromatic N) is 3. The van der Waals surface area contributed by atoms with Gasteiger partial charge < -0.3 is 9.64 Å². The molecule has 0 aromatic carbocycles. The van der Waals surface area contributed by atoms with Crippen molar-refractivity contribution in [2.24, 2.45) is 0 Å². The Labute approximate surface area is 148 Å². The third-order valence-corrected chi connectivity index (χ3v) is 5.79. The van der Waals surface area contributed by atoms with Crippen molar-refractivity contribution < 1.29 is 9.53 Å². The molecule has 24 heavy (non-hydrogen) atoms. The summed E-state index contributed by atoms with van der Waals surface area (Å²) in [4.78, 5) is 19.8. The van der Waals surface area contributed by atoms with Crippen molar-refractivity contribution in [2.75, 3.05) is 52.9 Å². The predicted octanol–water partition coefficient (Wildman–Crippen LogP) is 2.21. The van der Waals surface area contributed by atoms with E-state index in [9.17, 15) is 4.79 Å². The Balaban J connectivity index is 1.76. The van der Waals surface area contributed by atoms with Crippen LogP contribution in [0.5, 0.6) is 0 Å². The molecule has 2 rings (SSSR count). The van der Waals surface area contributed by atoms with Gasteiger partial charge in [0, 0.05) is 45.3 Å². The van der Waals surface area contributed by atoms with E-state index in [4.69, 9.17) is 4.74 Å². The highest BCUT2D eigenvalue weighted by atomic mass is 16.5. The smallest absolute Gasteiger partial charge is 0.325 e. The lowest BCUT2D eigenvalue weighted by molar-refractivity contribution is -0.157. The lowest BCUT2D eigenvalue weighted by Crippen LogP contribution is -2.57. The summed E-state index contributed by atoms with van der Waals surface area (Å²) < 4.78 is 5.52. The fourth-order valence-electron chi connectivity index (χ4n) is 3.80. The Bertz CT molecular complexity index is 384. The predicted molar refractivity (Wildman–Crippen MR) is 98.2 cm³/mol. The van der Waals surface area contributed by atoms with Gasteiger partial charge in [0.25, 0.3) is 0 Å². The van der Waals surface area contributed by atoms with E-state index in [0.29, 0.717) is 12.6 Å². The van der Waals surface area contributed by atoms with Gasteiger partial charge in [-0.15, -0.1) is 0 Å². The van der Waals surface area contributed by atoms with Crippen molar-refractivity contribution in [3.8, 4) is 0 Å². The molecule has 2 heterocycles. The van der Waals surface area contributed by atoms with E-state index < -0.39 is 5.54 Å². The monoisotopic (exact) mass is 339 g/mol. The van der Waals surface area contributed by atoms with E-state index in [-0.39, 0.29) is 5.97 Å². The van der Waals surface area contributed by atoms with Gasteiger partial charge in [-0.25, -0.2) is 0 Å². The molecule has 0 unspecified atom stereocenters. The summed E-state index contributed by atoms with van der Waals surface area (Å²) in [6, 6.07) is 0.686. The number of unbranched alkanes of at least 4 members (excludes halogenated alkanes) is 2. The molecule has 2 saturated heterocycles. The summed E-state index contributed by atoms with van der Waals surface area (Å²) >= 11 is 0. The molecule has 0 amide bonds. The minimum atomic E-state index is -0.501. The van der Waals surface area contributed by atoms with Gasteiger partial charge in [-0.1, -0.05) is 19.8 Å². The van der Waals surface area contributed by atoms with Crippen molar-refractivity contribution >= 4 is 5.97 Å². The molecule has 0 aromatic heterocycles. The number of carbonyl (C=O) groups is 1. The van der Waals surface area contributed by atoms with Crippen molar-refractivity contribution in [1.82, 2.24) is 14.7 Å². The third-order valence-electron chi connectivity index (χ3n) is 5.79. The van der Waals surface area contributed by atoms with Crippen molar-refractivity contribution in [3.05, 3.63) is 0 Å². The number of likely N-dealkylation sites (N-methyl/N-ethyl adjacent to an activating group) is 1. The Morgan fingerprint density at radius 2 is 1.67 bits per heavy atom. The van der Waals surface area contributed by atoms with Crippen LogP contribution in [0.1, 0.15) is 52.9 Å². The zero-order valence-corrected chi connectivity index (χ0v) is 16.2. The summed E-state index contributed by atoms with van der Waals surface area (Å²) in [6.45, 7) is 13.5. The lowest BCUT2D eigenvalue weighted by Gasteiger charge is -2.45. The second-order valence-corrected chi connectivity index (χ2v) is 7.96. The maximum atomic E-state index is 12.5. The fraction of sp³-hybridized carbons (Fsp3) is 0.947. The first-order valence-corrected chi connectivity index (χ1v) is 9.80. The van der Waals surface area contributed by atoms with Gasteiger partial charge in [0.15, 0.2) is 0 Å². The Hall–Kier alpha value is -0.650. The van der Waals surface area contributed by atoms with Crippen LogP contribution in [0.3, 0.4) is 0 Å². The number of esters is 1. The van der Waals surface area contributed by atoms with E-state index in [1.165, 1.54) is 26.2 Å². The van der Waals surface area contributed by atoms with Gasteiger partial charge >= 0.3 is 5.97 Å².